The maximum Gasteiger partial charge on any atom is 0.293 e. The normalized spacial score (nSPS) is 25.5. The van der Waals surface area contributed by atoms with E-state index >= 15 is 0 Å². The molecule has 4 N–H and O–H groups in total. The van der Waals surface area contributed by atoms with E-state index in [9.17, 15) is 19.1 Å². The standard InChI is InChI=1S/C19H25FN4O3/c1-19-14(21-2)5-3-4-10-24(19)18(27)16(25)15(23-19)17(26)22-11-12-6-8-13(20)9-7-12/h6-9,14,21,23,25H,3-5,10-11H2,1-2H3,(H,22,26). The van der Waals surface area contributed by atoms with E-state index in [1.54, 1.807) is 17.0 Å². The molecule has 0 radical (unpaired) electrons. The highest BCUT2D eigenvalue weighted by Crippen LogP contribution is 2.31. The van der Waals surface area contributed by atoms with Gasteiger partial charge in [-0.2, -0.15) is 0 Å². The van der Waals surface area contributed by atoms with Crippen molar-refractivity contribution in [1.82, 2.24) is 20.9 Å². The van der Waals surface area contributed by atoms with Crippen LogP contribution in [0.2, 0.25) is 0 Å². The van der Waals surface area contributed by atoms with Crippen molar-refractivity contribution in [2.75, 3.05) is 13.6 Å². The summed E-state index contributed by atoms with van der Waals surface area (Å²) in [7, 11) is 1.82. The van der Waals surface area contributed by atoms with Crippen molar-refractivity contribution >= 4 is 11.8 Å². The van der Waals surface area contributed by atoms with Gasteiger partial charge in [0.15, 0.2) is 0 Å². The summed E-state index contributed by atoms with van der Waals surface area (Å²) in [5.41, 5.74) is -0.248. The van der Waals surface area contributed by atoms with Crippen LogP contribution in [0.25, 0.3) is 0 Å². The van der Waals surface area contributed by atoms with Crippen LogP contribution in [0, 0.1) is 5.82 Å². The van der Waals surface area contributed by atoms with Gasteiger partial charge in [-0.1, -0.05) is 12.1 Å². The van der Waals surface area contributed by atoms with Gasteiger partial charge in [0.05, 0.1) is 0 Å². The molecule has 0 aliphatic carbocycles. The Bertz CT molecular complexity index is 765. The number of likely N-dealkylation sites (N-methyl/N-ethyl adjacent to an activating group) is 1. The summed E-state index contributed by atoms with van der Waals surface area (Å²) >= 11 is 0. The monoisotopic (exact) mass is 376 g/mol. The minimum atomic E-state index is -0.822. The summed E-state index contributed by atoms with van der Waals surface area (Å²) < 4.78 is 13.0. The second-order valence-electron chi connectivity index (χ2n) is 7.10. The molecule has 0 spiro atoms. The summed E-state index contributed by atoms with van der Waals surface area (Å²) in [5, 5.41) is 19.3. The lowest BCUT2D eigenvalue weighted by Gasteiger charge is -2.48. The van der Waals surface area contributed by atoms with Crippen molar-refractivity contribution in [3.05, 3.63) is 47.1 Å². The Hall–Kier alpha value is -2.61. The van der Waals surface area contributed by atoms with E-state index in [1.165, 1.54) is 12.1 Å². The number of nitrogens with one attached hydrogen (secondary N) is 3. The zero-order chi connectivity index (χ0) is 19.6. The van der Waals surface area contributed by atoms with Gasteiger partial charge in [0.1, 0.15) is 17.2 Å². The summed E-state index contributed by atoms with van der Waals surface area (Å²) in [6, 6.07) is 5.67. The minimum Gasteiger partial charge on any atom is -0.501 e. The highest BCUT2D eigenvalue weighted by atomic mass is 19.1. The minimum absolute atomic E-state index is 0.0723. The van der Waals surface area contributed by atoms with Crippen LogP contribution in [0.15, 0.2) is 35.7 Å². The highest BCUT2D eigenvalue weighted by Gasteiger charge is 2.49. The zero-order valence-electron chi connectivity index (χ0n) is 15.5. The first kappa shape index (κ1) is 19.2. The smallest absolute Gasteiger partial charge is 0.293 e. The molecule has 2 aliphatic rings. The number of benzene rings is 1. The number of carbonyl (C=O) groups excluding carboxylic acids is 2. The van der Waals surface area contributed by atoms with Crippen molar-refractivity contribution in [3.8, 4) is 0 Å². The van der Waals surface area contributed by atoms with Crippen molar-refractivity contribution in [1.29, 1.82) is 0 Å². The molecule has 1 aromatic rings. The van der Waals surface area contributed by atoms with Gasteiger partial charge < -0.3 is 26.0 Å². The molecule has 2 amide bonds. The Kier molecular flexibility index (Phi) is 5.36. The van der Waals surface area contributed by atoms with Gasteiger partial charge in [0.25, 0.3) is 11.8 Å². The first-order valence-corrected chi connectivity index (χ1v) is 9.10. The third kappa shape index (κ3) is 3.62. The van der Waals surface area contributed by atoms with E-state index < -0.39 is 23.2 Å². The molecule has 8 heteroatoms. The fourth-order valence-corrected chi connectivity index (χ4v) is 3.80. The number of rotatable bonds is 4. The molecule has 1 saturated heterocycles. The van der Waals surface area contributed by atoms with E-state index in [0.29, 0.717) is 12.1 Å². The van der Waals surface area contributed by atoms with Gasteiger partial charge >= 0.3 is 0 Å². The van der Waals surface area contributed by atoms with E-state index in [2.05, 4.69) is 16.0 Å². The van der Waals surface area contributed by atoms with Crippen molar-refractivity contribution < 1.29 is 19.1 Å². The summed E-state index contributed by atoms with van der Waals surface area (Å²) in [6.07, 6.45) is 2.62. The number of carbonyl (C=O) groups is 2. The Labute approximate surface area is 157 Å². The summed E-state index contributed by atoms with van der Waals surface area (Å²) in [4.78, 5) is 27.0. The predicted molar refractivity (Wildman–Crippen MR) is 97.9 cm³/mol. The number of aliphatic hydroxyl groups excluding tert-OH is 1. The maximum atomic E-state index is 13.0. The van der Waals surface area contributed by atoms with Crippen LogP contribution in [-0.4, -0.2) is 47.1 Å². The Balaban J connectivity index is 1.81. The molecule has 146 valence electrons. The third-order valence-electron chi connectivity index (χ3n) is 5.37. The summed E-state index contributed by atoms with van der Waals surface area (Å²) in [6.45, 7) is 2.52. The Morgan fingerprint density at radius 3 is 2.74 bits per heavy atom. The van der Waals surface area contributed by atoms with Crippen LogP contribution in [0.5, 0.6) is 0 Å². The SMILES string of the molecule is CNC1CCCCN2C(=O)C(O)=C(C(=O)NCc3ccc(F)cc3)NC12C. The van der Waals surface area contributed by atoms with Gasteiger partial charge in [-0.3, -0.25) is 9.59 Å². The number of halogens is 1. The fraction of sp³-hybridized carbons (Fsp3) is 0.474. The zero-order valence-corrected chi connectivity index (χ0v) is 15.5. The van der Waals surface area contributed by atoms with Crippen LogP contribution in [0.4, 0.5) is 4.39 Å². The Morgan fingerprint density at radius 1 is 1.37 bits per heavy atom. The maximum absolute atomic E-state index is 13.0. The first-order valence-electron chi connectivity index (χ1n) is 9.10. The molecule has 2 unspecified atom stereocenters. The molecular weight excluding hydrogens is 351 g/mol. The van der Waals surface area contributed by atoms with Crippen LogP contribution >= 0.6 is 0 Å². The number of fused-ring (bicyclic) bond motifs is 1. The number of hydrogen-bond donors (Lipinski definition) is 4. The van der Waals surface area contributed by atoms with Gasteiger partial charge in [0, 0.05) is 19.1 Å². The first-order chi connectivity index (χ1) is 12.9. The number of nitrogens with zero attached hydrogens (tertiary/aromatic N) is 1. The molecule has 27 heavy (non-hydrogen) atoms. The molecule has 0 aromatic heterocycles. The second-order valence-corrected chi connectivity index (χ2v) is 7.10. The second kappa shape index (κ2) is 7.56. The lowest BCUT2D eigenvalue weighted by Crippen LogP contribution is -2.70. The highest BCUT2D eigenvalue weighted by molar-refractivity contribution is 6.04. The number of aliphatic hydroxyl groups is 1. The topological polar surface area (TPSA) is 93.7 Å². The fourth-order valence-electron chi connectivity index (χ4n) is 3.80. The molecule has 2 aliphatic heterocycles. The van der Waals surface area contributed by atoms with Gasteiger partial charge in [0.2, 0.25) is 5.76 Å². The summed E-state index contributed by atoms with van der Waals surface area (Å²) in [5.74, 6) is -2.07. The average Bonchev–Trinajstić information content (AvgIpc) is 2.82. The molecule has 2 heterocycles. The van der Waals surface area contributed by atoms with Gasteiger partial charge in [-0.15, -0.1) is 0 Å². The van der Waals surface area contributed by atoms with E-state index in [0.717, 1.165) is 19.3 Å². The van der Waals surface area contributed by atoms with Crippen LogP contribution in [-0.2, 0) is 16.1 Å². The van der Waals surface area contributed by atoms with Gasteiger partial charge in [-0.25, -0.2) is 4.39 Å². The third-order valence-corrected chi connectivity index (χ3v) is 5.37. The molecule has 2 atom stereocenters. The van der Waals surface area contributed by atoms with E-state index in [1.807, 2.05) is 14.0 Å². The quantitative estimate of drug-likeness (QED) is 0.632. The number of amides is 2. The average molecular weight is 376 g/mol. The predicted octanol–water partition coefficient (Wildman–Crippen LogP) is 1.13. The molecule has 0 bridgehead atoms. The largest absolute Gasteiger partial charge is 0.501 e. The van der Waals surface area contributed by atoms with E-state index in [4.69, 9.17) is 0 Å². The lowest BCUT2D eigenvalue weighted by molar-refractivity contribution is -0.141. The van der Waals surface area contributed by atoms with Gasteiger partial charge in [-0.05, 0) is 50.9 Å². The van der Waals surface area contributed by atoms with Crippen molar-refractivity contribution in [2.24, 2.45) is 0 Å². The van der Waals surface area contributed by atoms with Crippen LogP contribution in [0.1, 0.15) is 31.7 Å². The molecule has 1 fully saturated rings. The van der Waals surface area contributed by atoms with E-state index in [-0.39, 0.29) is 24.1 Å². The van der Waals surface area contributed by atoms with Crippen LogP contribution < -0.4 is 16.0 Å². The molecule has 0 saturated carbocycles. The molecule has 1 aromatic carbocycles. The number of hydrogen-bond acceptors (Lipinski definition) is 5. The molecule has 7 nitrogen and oxygen atoms in total. The molecular formula is C19H25FN4O3. The lowest BCUT2D eigenvalue weighted by atomic mass is 9.94. The van der Waals surface area contributed by atoms with Crippen LogP contribution in [0.3, 0.4) is 0 Å². The Morgan fingerprint density at radius 2 is 2.07 bits per heavy atom. The molecule has 3 rings (SSSR count). The van der Waals surface area contributed by atoms with Crippen molar-refractivity contribution in [2.45, 2.75) is 44.4 Å². The van der Waals surface area contributed by atoms with Crippen molar-refractivity contribution in [3.63, 3.8) is 0 Å².